The summed E-state index contributed by atoms with van der Waals surface area (Å²) in [5, 5.41) is 51.2. The second kappa shape index (κ2) is 18.3. The predicted molar refractivity (Wildman–Crippen MR) is 230 cm³/mol. The van der Waals surface area contributed by atoms with Crippen LogP contribution in [0.3, 0.4) is 0 Å². The van der Waals surface area contributed by atoms with Gasteiger partial charge in [0.25, 0.3) is 12.9 Å². The Balaban J connectivity index is 0.990. The molecule has 0 saturated carbocycles. The molecule has 0 heterocycles. The van der Waals surface area contributed by atoms with E-state index in [2.05, 4.69) is 46.2 Å². The first kappa shape index (κ1) is 40.0. The minimum Gasteiger partial charge on any atom is -0.505 e. The number of nitrogens with zero attached hydrogens (tertiary/aromatic N) is 8. The van der Waals surface area contributed by atoms with Crippen LogP contribution < -0.4 is 14.8 Å². The largest absolute Gasteiger partial charge is 0.505 e. The molecule has 7 aromatic rings. The van der Waals surface area contributed by atoms with Crippen molar-refractivity contribution in [2.45, 2.75) is 27.7 Å². The number of rotatable bonds is 14. The van der Waals surface area contributed by atoms with E-state index in [1.54, 1.807) is 18.2 Å². The van der Waals surface area contributed by atoms with Gasteiger partial charge in [-0.05, 0) is 140 Å². The lowest BCUT2D eigenvalue weighted by Crippen LogP contribution is -1.92. The first-order valence-electron chi connectivity index (χ1n) is 18.6. The Morgan fingerprint density at radius 3 is 1.52 bits per heavy atom. The molecule has 60 heavy (non-hydrogen) atoms. The zero-order chi connectivity index (χ0) is 42.0. The van der Waals surface area contributed by atoms with Crippen LogP contribution in [-0.4, -0.2) is 18.1 Å². The predicted octanol–water partition coefficient (Wildman–Crippen LogP) is 14.3. The highest BCUT2D eigenvalue weighted by atomic mass is 16.5. The van der Waals surface area contributed by atoms with Crippen LogP contribution in [0, 0.1) is 27.7 Å². The summed E-state index contributed by atoms with van der Waals surface area (Å²) in [5.74, 6) is 0.370. The quantitative estimate of drug-likeness (QED) is 0.0815. The van der Waals surface area contributed by atoms with Crippen molar-refractivity contribution in [2.24, 2.45) is 40.9 Å². The number of carbonyl (C=O) groups excluding carboxylic acids is 2. The molecular formula is C46H37N9O5. The van der Waals surface area contributed by atoms with Gasteiger partial charge in [0.2, 0.25) is 0 Å². The smallest absolute Gasteiger partial charge is 0.298 e. The topological polar surface area (TPSA) is 184 Å². The molecule has 296 valence electrons. The zero-order valence-electron chi connectivity index (χ0n) is 32.9. The number of fused-ring (bicyclic) bond motifs is 1. The van der Waals surface area contributed by atoms with Gasteiger partial charge in [0.15, 0.2) is 5.75 Å². The lowest BCUT2D eigenvalue weighted by molar-refractivity contribution is -0.121. The fourth-order valence-corrected chi connectivity index (χ4v) is 6.08. The summed E-state index contributed by atoms with van der Waals surface area (Å²) >= 11 is 0. The van der Waals surface area contributed by atoms with Crippen LogP contribution in [0.15, 0.2) is 168 Å². The SMILES string of the molecule is Cc1cc(N=Nc2ccc(N=Nc3cc(C)c(N=Nc4ccc5cc(Nc6ccccc6)ccc5c4O)cc3C)cc2C)ccc1N=Nc1cc(OC=O)cc(OC=O)c1. The van der Waals surface area contributed by atoms with E-state index in [9.17, 15) is 14.7 Å². The summed E-state index contributed by atoms with van der Waals surface area (Å²) in [6.07, 6.45) is 0. The Hall–Kier alpha value is -8.26. The fourth-order valence-electron chi connectivity index (χ4n) is 6.08. The van der Waals surface area contributed by atoms with Gasteiger partial charge in [0, 0.05) is 35.0 Å². The standard InChI is InChI=1S/C46H37N9O5/c1-28-19-36(13-16-41(28)51-48-35-12-17-42(29(2)18-35)52-50-37-23-38(59-26-56)25-39(24-37)60-27-57)49-54-44-20-31(4)45(21-30(44)3)55-53-43-15-10-32-22-34(11-14-40(32)46(43)58)47-33-8-6-5-7-9-33/h5-27,47,58H,1-4H3. The van der Waals surface area contributed by atoms with Crippen molar-refractivity contribution in [3.05, 3.63) is 150 Å². The van der Waals surface area contributed by atoms with Crippen LogP contribution in [0.1, 0.15) is 22.3 Å². The molecule has 0 aliphatic heterocycles. The fraction of sp³-hybridized carbons (Fsp3) is 0.0870. The number of hydrogen-bond acceptors (Lipinski definition) is 14. The number of carbonyl (C=O) groups is 2. The molecule has 7 aromatic carbocycles. The van der Waals surface area contributed by atoms with E-state index in [-0.39, 0.29) is 30.2 Å². The highest BCUT2D eigenvalue weighted by Crippen LogP contribution is 2.39. The summed E-state index contributed by atoms with van der Waals surface area (Å²) < 4.78 is 9.72. The monoisotopic (exact) mass is 795 g/mol. The number of aromatic hydroxyl groups is 1. The van der Waals surface area contributed by atoms with Gasteiger partial charge in [-0.1, -0.05) is 24.3 Å². The lowest BCUT2D eigenvalue weighted by Gasteiger charge is -2.09. The van der Waals surface area contributed by atoms with Crippen molar-refractivity contribution in [1.82, 2.24) is 0 Å². The molecule has 0 fully saturated rings. The third kappa shape index (κ3) is 9.81. The zero-order valence-corrected chi connectivity index (χ0v) is 32.9. The molecule has 0 radical (unpaired) electrons. The maximum Gasteiger partial charge on any atom is 0.298 e. The first-order chi connectivity index (χ1) is 29.1. The molecule has 0 unspecified atom stereocenters. The molecule has 0 aliphatic rings. The van der Waals surface area contributed by atoms with Crippen molar-refractivity contribution in [1.29, 1.82) is 0 Å². The summed E-state index contributed by atoms with van der Waals surface area (Å²) in [4.78, 5) is 21.5. The van der Waals surface area contributed by atoms with Gasteiger partial charge in [-0.3, -0.25) is 9.59 Å². The van der Waals surface area contributed by atoms with Crippen LogP contribution in [0.5, 0.6) is 17.2 Å². The number of azo groups is 4. The minimum atomic E-state index is 0.0617. The molecule has 7 rings (SSSR count). The molecule has 0 atom stereocenters. The maximum atomic E-state index is 11.0. The Morgan fingerprint density at radius 2 is 0.950 bits per heavy atom. The number of anilines is 2. The van der Waals surface area contributed by atoms with Crippen LogP contribution in [0.2, 0.25) is 0 Å². The average molecular weight is 796 g/mol. The maximum absolute atomic E-state index is 11.0. The van der Waals surface area contributed by atoms with E-state index in [1.807, 2.05) is 119 Å². The summed E-state index contributed by atoms with van der Waals surface area (Å²) in [6.45, 7) is 8.17. The molecule has 14 nitrogen and oxygen atoms in total. The van der Waals surface area contributed by atoms with Crippen molar-refractivity contribution in [3.8, 4) is 17.2 Å². The summed E-state index contributed by atoms with van der Waals surface area (Å²) in [7, 11) is 0. The normalized spacial score (nSPS) is 11.6. The van der Waals surface area contributed by atoms with Crippen molar-refractivity contribution in [2.75, 3.05) is 5.32 Å². The lowest BCUT2D eigenvalue weighted by atomic mass is 10.1. The molecule has 0 aromatic heterocycles. The van der Waals surface area contributed by atoms with Crippen molar-refractivity contribution >= 4 is 80.6 Å². The number of benzene rings is 7. The molecule has 0 bridgehead atoms. The molecule has 0 aliphatic carbocycles. The highest BCUT2D eigenvalue weighted by Gasteiger charge is 2.10. The van der Waals surface area contributed by atoms with E-state index in [4.69, 9.17) is 9.47 Å². The third-order valence-corrected chi connectivity index (χ3v) is 9.23. The molecule has 0 spiro atoms. The number of phenolic OH excluding ortho intramolecular Hbond substituents is 1. The number of hydrogen-bond donors (Lipinski definition) is 2. The van der Waals surface area contributed by atoms with E-state index >= 15 is 0 Å². The van der Waals surface area contributed by atoms with Crippen LogP contribution >= 0.6 is 0 Å². The molecular weight excluding hydrogens is 759 g/mol. The molecule has 2 N–H and O–H groups in total. The van der Waals surface area contributed by atoms with E-state index in [0.717, 1.165) is 39.0 Å². The van der Waals surface area contributed by atoms with Gasteiger partial charge in [-0.25, -0.2) is 0 Å². The second-order valence-corrected chi connectivity index (χ2v) is 13.6. The van der Waals surface area contributed by atoms with Crippen LogP contribution in [-0.2, 0) is 9.59 Å². The molecule has 0 saturated heterocycles. The summed E-state index contributed by atoms with van der Waals surface area (Å²) in [5.41, 5.74) is 9.82. The molecule has 14 heteroatoms. The Kier molecular flexibility index (Phi) is 12.2. The minimum absolute atomic E-state index is 0.0617. The third-order valence-electron chi connectivity index (χ3n) is 9.23. The number of phenols is 1. The van der Waals surface area contributed by atoms with Crippen molar-refractivity contribution < 1.29 is 24.2 Å². The van der Waals surface area contributed by atoms with Gasteiger partial charge in [0.1, 0.15) is 17.2 Å². The number of aryl methyl sites for hydroxylation is 4. The van der Waals surface area contributed by atoms with Crippen LogP contribution in [0.25, 0.3) is 10.8 Å². The molecule has 0 amide bonds. The second-order valence-electron chi connectivity index (χ2n) is 13.6. The first-order valence-corrected chi connectivity index (χ1v) is 18.6. The number of nitrogens with one attached hydrogen (secondary N) is 1. The Labute approximate surface area is 344 Å². The van der Waals surface area contributed by atoms with Gasteiger partial charge >= 0.3 is 0 Å². The average Bonchev–Trinajstić information content (AvgIpc) is 3.24. The Bertz CT molecular complexity index is 2830. The summed E-state index contributed by atoms with van der Waals surface area (Å²) in [6, 6.07) is 38.4. The van der Waals surface area contributed by atoms with Crippen molar-refractivity contribution in [3.63, 3.8) is 0 Å². The van der Waals surface area contributed by atoms with E-state index in [0.29, 0.717) is 50.9 Å². The van der Waals surface area contributed by atoms with Gasteiger partial charge in [0.05, 0.1) is 39.8 Å². The number of para-hydroxylation sites is 1. The van der Waals surface area contributed by atoms with E-state index in [1.165, 1.54) is 18.2 Å². The van der Waals surface area contributed by atoms with Crippen LogP contribution in [0.4, 0.5) is 56.9 Å². The Morgan fingerprint density at radius 1 is 0.450 bits per heavy atom. The van der Waals surface area contributed by atoms with Gasteiger partial charge in [-0.2, -0.15) is 35.8 Å². The highest BCUT2D eigenvalue weighted by molar-refractivity contribution is 5.94. The van der Waals surface area contributed by atoms with E-state index < -0.39 is 0 Å². The van der Waals surface area contributed by atoms with Gasteiger partial charge in [-0.15, -0.1) is 5.11 Å². The number of ether oxygens (including phenoxy) is 2. The van der Waals surface area contributed by atoms with Gasteiger partial charge < -0.3 is 19.9 Å².